The second-order valence-electron chi connectivity index (χ2n) is 4.72. The van der Waals surface area contributed by atoms with E-state index in [0.29, 0.717) is 18.0 Å². The molecule has 1 aromatic rings. The van der Waals surface area contributed by atoms with Crippen molar-refractivity contribution in [1.82, 2.24) is 5.32 Å². The van der Waals surface area contributed by atoms with Crippen LogP contribution in [0.5, 0.6) is 0 Å². The zero-order valence-electron chi connectivity index (χ0n) is 10.8. The summed E-state index contributed by atoms with van der Waals surface area (Å²) >= 11 is 0. The van der Waals surface area contributed by atoms with Crippen LogP contribution >= 0.6 is 0 Å². The summed E-state index contributed by atoms with van der Waals surface area (Å²) in [6, 6.07) is 6.02. The van der Waals surface area contributed by atoms with E-state index in [4.69, 9.17) is 9.84 Å². The Morgan fingerprint density at radius 1 is 1.42 bits per heavy atom. The van der Waals surface area contributed by atoms with Crippen LogP contribution in [0, 0.1) is 5.92 Å². The third-order valence-corrected chi connectivity index (χ3v) is 3.43. The number of carboxylic acids is 1. The number of carbonyl (C=O) groups is 2. The molecule has 102 valence electrons. The molecule has 5 nitrogen and oxygen atoms in total. The largest absolute Gasteiger partial charge is 0.478 e. The molecule has 1 aliphatic heterocycles. The van der Waals surface area contributed by atoms with Crippen molar-refractivity contribution in [2.75, 3.05) is 13.2 Å². The van der Waals surface area contributed by atoms with Crippen LogP contribution in [0.4, 0.5) is 0 Å². The number of nitrogens with one attached hydrogen (secondary N) is 1. The Morgan fingerprint density at radius 3 is 2.79 bits per heavy atom. The SMILES string of the molecule is CC1OCCC1CNC(=O)c1cccc(C(=O)O)c1. The molecule has 0 aliphatic carbocycles. The molecule has 2 unspecified atom stereocenters. The fourth-order valence-corrected chi connectivity index (χ4v) is 2.16. The summed E-state index contributed by atoms with van der Waals surface area (Å²) in [6.45, 7) is 3.28. The molecule has 1 saturated heterocycles. The van der Waals surface area contributed by atoms with Crippen molar-refractivity contribution < 1.29 is 19.4 Å². The Hall–Kier alpha value is -1.88. The molecule has 1 heterocycles. The molecular formula is C14H17NO4. The molecule has 2 rings (SSSR count). The third-order valence-electron chi connectivity index (χ3n) is 3.43. The number of carbonyl (C=O) groups excluding carboxylic acids is 1. The molecule has 19 heavy (non-hydrogen) atoms. The van der Waals surface area contributed by atoms with Crippen molar-refractivity contribution in [1.29, 1.82) is 0 Å². The highest BCUT2D eigenvalue weighted by Gasteiger charge is 2.24. The zero-order chi connectivity index (χ0) is 13.8. The van der Waals surface area contributed by atoms with Gasteiger partial charge in [0.15, 0.2) is 0 Å². The normalized spacial score (nSPS) is 22.2. The van der Waals surface area contributed by atoms with Crippen molar-refractivity contribution in [2.24, 2.45) is 5.92 Å². The number of benzene rings is 1. The smallest absolute Gasteiger partial charge is 0.335 e. The van der Waals surface area contributed by atoms with Crippen LogP contribution in [0.15, 0.2) is 24.3 Å². The van der Waals surface area contributed by atoms with E-state index in [1.807, 2.05) is 6.92 Å². The highest BCUT2D eigenvalue weighted by molar-refractivity contribution is 5.97. The summed E-state index contributed by atoms with van der Waals surface area (Å²) in [4.78, 5) is 22.8. The topological polar surface area (TPSA) is 75.6 Å². The summed E-state index contributed by atoms with van der Waals surface area (Å²) in [5.74, 6) is -0.957. The molecule has 2 N–H and O–H groups in total. The lowest BCUT2D eigenvalue weighted by atomic mass is 10.0. The van der Waals surface area contributed by atoms with Crippen LogP contribution < -0.4 is 5.32 Å². The first-order valence-electron chi connectivity index (χ1n) is 6.31. The summed E-state index contributed by atoms with van der Waals surface area (Å²) in [5, 5.41) is 11.7. The van der Waals surface area contributed by atoms with Crippen LogP contribution in [0.3, 0.4) is 0 Å². The summed E-state index contributed by atoms with van der Waals surface area (Å²) in [7, 11) is 0. The first-order chi connectivity index (χ1) is 9.08. The van der Waals surface area contributed by atoms with Gasteiger partial charge in [-0.2, -0.15) is 0 Å². The van der Waals surface area contributed by atoms with E-state index < -0.39 is 5.97 Å². The lowest BCUT2D eigenvalue weighted by Crippen LogP contribution is -2.32. The predicted molar refractivity (Wildman–Crippen MR) is 69.3 cm³/mol. The van der Waals surface area contributed by atoms with E-state index in [9.17, 15) is 9.59 Å². The highest BCUT2D eigenvalue weighted by Crippen LogP contribution is 2.19. The minimum absolute atomic E-state index is 0.116. The zero-order valence-corrected chi connectivity index (χ0v) is 10.8. The summed E-state index contributed by atoms with van der Waals surface area (Å²) in [6.07, 6.45) is 1.10. The van der Waals surface area contributed by atoms with Gasteiger partial charge >= 0.3 is 5.97 Å². The Bertz CT molecular complexity index is 486. The molecule has 1 amide bonds. The maximum absolute atomic E-state index is 11.9. The number of aromatic carboxylic acids is 1. The maximum Gasteiger partial charge on any atom is 0.335 e. The molecule has 0 radical (unpaired) electrons. The van der Waals surface area contributed by atoms with Gasteiger partial charge in [0.25, 0.3) is 5.91 Å². The van der Waals surface area contributed by atoms with E-state index in [-0.39, 0.29) is 17.6 Å². The number of hydrogen-bond acceptors (Lipinski definition) is 3. The summed E-state index contributed by atoms with van der Waals surface area (Å²) < 4.78 is 5.42. The Labute approximate surface area is 111 Å². The van der Waals surface area contributed by atoms with Gasteiger partial charge in [0.2, 0.25) is 0 Å². The van der Waals surface area contributed by atoms with Crippen molar-refractivity contribution in [2.45, 2.75) is 19.4 Å². The van der Waals surface area contributed by atoms with Gasteiger partial charge in [0.05, 0.1) is 11.7 Å². The van der Waals surface area contributed by atoms with Crippen molar-refractivity contribution in [3.05, 3.63) is 35.4 Å². The molecule has 0 bridgehead atoms. The fraction of sp³-hybridized carbons (Fsp3) is 0.429. The minimum atomic E-state index is -1.03. The molecule has 0 saturated carbocycles. The van der Waals surface area contributed by atoms with Gasteiger partial charge < -0.3 is 15.2 Å². The molecular weight excluding hydrogens is 246 g/mol. The molecule has 1 aromatic carbocycles. The number of hydrogen-bond donors (Lipinski definition) is 2. The van der Waals surface area contributed by atoms with E-state index in [1.54, 1.807) is 12.1 Å². The average Bonchev–Trinajstić information content (AvgIpc) is 2.81. The molecule has 5 heteroatoms. The van der Waals surface area contributed by atoms with E-state index in [1.165, 1.54) is 12.1 Å². The molecule has 2 atom stereocenters. The lowest BCUT2D eigenvalue weighted by molar-refractivity contribution is 0.0697. The summed E-state index contributed by atoms with van der Waals surface area (Å²) in [5.41, 5.74) is 0.483. The van der Waals surface area contributed by atoms with Crippen molar-refractivity contribution in [3.63, 3.8) is 0 Å². The van der Waals surface area contributed by atoms with Gasteiger partial charge in [-0.05, 0) is 31.5 Å². The van der Waals surface area contributed by atoms with Crippen LogP contribution in [-0.4, -0.2) is 36.2 Å². The van der Waals surface area contributed by atoms with Gasteiger partial charge in [-0.3, -0.25) is 4.79 Å². The van der Waals surface area contributed by atoms with Gasteiger partial charge in [-0.1, -0.05) is 6.07 Å². The molecule has 1 fully saturated rings. The second kappa shape index (κ2) is 5.84. The average molecular weight is 263 g/mol. The predicted octanol–water partition coefficient (Wildman–Crippen LogP) is 1.54. The number of carboxylic acid groups (broad SMARTS) is 1. The first-order valence-corrected chi connectivity index (χ1v) is 6.31. The Balaban J connectivity index is 1.96. The second-order valence-corrected chi connectivity index (χ2v) is 4.72. The van der Waals surface area contributed by atoms with Crippen LogP contribution in [0.25, 0.3) is 0 Å². The van der Waals surface area contributed by atoms with Gasteiger partial charge in [-0.25, -0.2) is 4.79 Å². The quantitative estimate of drug-likeness (QED) is 0.864. The number of ether oxygens (including phenoxy) is 1. The van der Waals surface area contributed by atoms with Crippen LogP contribution in [0.1, 0.15) is 34.1 Å². The highest BCUT2D eigenvalue weighted by atomic mass is 16.5. The molecule has 0 aromatic heterocycles. The van der Waals surface area contributed by atoms with Gasteiger partial charge in [0, 0.05) is 24.6 Å². The van der Waals surface area contributed by atoms with Crippen LogP contribution in [-0.2, 0) is 4.74 Å². The lowest BCUT2D eigenvalue weighted by Gasteiger charge is -2.14. The monoisotopic (exact) mass is 263 g/mol. The standard InChI is InChI=1S/C14H17NO4/c1-9-12(5-6-19-9)8-15-13(16)10-3-2-4-11(7-10)14(17)18/h2-4,7,9,12H,5-6,8H2,1H3,(H,15,16)(H,17,18). The van der Waals surface area contributed by atoms with Crippen molar-refractivity contribution >= 4 is 11.9 Å². The van der Waals surface area contributed by atoms with Crippen LogP contribution in [0.2, 0.25) is 0 Å². The van der Waals surface area contributed by atoms with E-state index >= 15 is 0 Å². The van der Waals surface area contributed by atoms with Crippen molar-refractivity contribution in [3.8, 4) is 0 Å². The minimum Gasteiger partial charge on any atom is -0.478 e. The molecule has 0 spiro atoms. The molecule has 1 aliphatic rings. The maximum atomic E-state index is 11.9. The van der Waals surface area contributed by atoms with Gasteiger partial charge in [-0.15, -0.1) is 0 Å². The first kappa shape index (κ1) is 13.5. The van der Waals surface area contributed by atoms with E-state index in [2.05, 4.69) is 5.32 Å². The van der Waals surface area contributed by atoms with Gasteiger partial charge in [0.1, 0.15) is 0 Å². The fourth-order valence-electron chi connectivity index (χ4n) is 2.16. The Kier molecular flexibility index (Phi) is 4.16. The Morgan fingerprint density at radius 2 is 2.16 bits per heavy atom. The number of amides is 1. The van der Waals surface area contributed by atoms with E-state index in [0.717, 1.165) is 13.0 Å². The number of rotatable bonds is 4. The third kappa shape index (κ3) is 3.32.